The van der Waals surface area contributed by atoms with E-state index in [1.807, 2.05) is 0 Å². The van der Waals surface area contributed by atoms with E-state index in [9.17, 15) is 18.8 Å². The lowest BCUT2D eigenvalue weighted by molar-refractivity contribution is -0.128. The normalized spacial score (nSPS) is 14.7. The lowest BCUT2D eigenvalue weighted by Crippen LogP contribution is -2.42. The van der Waals surface area contributed by atoms with Crippen LogP contribution in [0, 0.1) is 5.82 Å². The average molecular weight is 481 g/mol. The number of rotatable bonds is 8. The van der Waals surface area contributed by atoms with Gasteiger partial charge in [-0.25, -0.2) is 4.39 Å². The molecular weight excluding hydrogens is 462 g/mol. The maximum atomic E-state index is 13.4. The topological polar surface area (TPSA) is 93.7 Å². The van der Waals surface area contributed by atoms with Crippen LogP contribution in [-0.2, 0) is 9.59 Å². The van der Waals surface area contributed by atoms with Crippen molar-refractivity contribution in [3.8, 4) is 11.5 Å². The van der Waals surface area contributed by atoms with Crippen molar-refractivity contribution in [2.75, 3.05) is 13.2 Å². The highest BCUT2D eigenvalue weighted by molar-refractivity contribution is 6.31. The number of hydrogen-bond acceptors (Lipinski definition) is 5. The van der Waals surface area contributed by atoms with Gasteiger partial charge >= 0.3 is 0 Å². The van der Waals surface area contributed by atoms with Crippen molar-refractivity contribution < 1.29 is 28.2 Å². The number of amides is 2. The molecule has 2 amide bonds. The predicted molar refractivity (Wildman–Crippen MR) is 117 cm³/mol. The van der Waals surface area contributed by atoms with Crippen molar-refractivity contribution in [2.45, 2.75) is 18.9 Å². The number of halogens is 3. The summed E-state index contributed by atoms with van der Waals surface area (Å²) in [7, 11) is 0. The van der Waals surface area contributed by atoms with Crippen molar-refractivity contribution in [1.29, 1.82) is 0 Å². The second-order valence-electron chi connectivity index (χ2n) is 6.93. The number of ether oxygens (including phenoxy) is 2. The van der Waals surface area contributed by atoms with E-state index in [-0.39, 0.29) is 42.5 Å². The molecule has 0 saturated carbocycles. The van der Waals surface area contributed by atoms with Gasteiger partial charge in [-0.1, -0.05) is 29.8 Å². The molecule has 32 heavy (non-hydrogen) atoms. The Morgan fingerprint density at radius 2 is 2.00 bits per heavy atom. The molecule has 0 bridgehead atoms. The summed E-state index contributed by atoms with van der Waals surface area (Å²) in [5.74, 6) is -1.36. The summed E-state index contributed by atoms with van der Waals surface area (Å²) in [4.78, 5) is 36.5. The molecule has 0 aliphatic carbocycles. The highest BCUT2D eigenvalue weighted by Crippen LogP contribution is 2.30. The molecule has 7 nitrogen and oxygen atoms in total. The molecule has 1 aliphatic rings. The zero-order valence-electron chi connectivity index (χ0n) is 16.8. The van der Waals surface area contributed by atoms with Gasteiger partial charge in [-0.3, -0.25) is 14.4 Å². The fourth-order valence-corrected chi connectivity index (χ4v) is 3.19. The molecule has 1 atom stereocenters. The minimum atomic E-state index is -0.952. The Balaban J connectivity index is 1.39. The number of carbonyl (C=O) groups is 3. The first-order chi connectivity index (χ1) is 15.2. The van der Waals surface area contributed by atoms with Crippen molar-refractivity contribution >= 4 is 40.8 Å². The molecule has 2 aromatic carbocycles. The second kappa shape index (κ2) is 10.5. The van der Waals surface area contributed by atoms with Crippen LogP contribution in [0.4, 0.5) is 4.39 Å². The largest absolute Gasteiger partial charge is 0.484 e. The van der Waals surface area contributed by atoms with Crippen LogP contribution in [0.3, 0.4) is 0 Å². The molecule has 0 saturated heterocycles. The van der Waals surface area contributed by atoms with Crippen molar-refractivity contribution in [2.24, 2.45) is 0 Å². The molecule has 1 heterocycles. The van der Waals surface area contributed by atoms with E-state index in [0.29, 0.717) is 22.0 Å². The summed E-state index contributed by atoms with van der Waals surface area (Å²) >= 11 is 11.5. The van der Waals surface area contributed by atoms with Crippen LogP contribution in [-0.4, -0.2) is 36.9 Å². The number of fused-ring (bicyclic) bond motifs is 1. The molecule has 1 aliphatic heterocycles. The van der Waals surface area contributed by atoms with E-state index in [4.69, 9.17) is 32.7 Å². The third kappa shape index (κ3) is 6.21. The van der Waals surface area contributed by atoms with Crippen LogP contribution in [0.5, 0.6) is 11.5 Å². The molecule has 0 aromatic heterocycles. The molecule has 0 spiro atoms. The van der Waals surface area contributed by atoms with E-state index in [1.54, 1.807) is 12.1 Å². The summed E-state index contributed by atoms with van der Waals surface area (Å²) in [6.45, 7) is 3.54. The van der Waals surface area contributed by atoms with Crippen molar-refractivity contribution in [3.63, 3.8) is 0 Å². The van der Waals surface area contributed by atoms with Crippen LogP contribution >= 0.6 is 23.2 Å². The maximum Gasteiger partial charge on any atom is 0.262 e. The summed E-state index contributed by atoms with van der Waals surface area (Å²) in [5, 5.41) is 5.54. The van der Waals surface area contributed by atoms with Crippen LogP contribution in [0.2, 0.25) is 10.0 Å². The van der Waals surface area contributed by atoms with Gasteiger partial charge in [0.1, 0.15) is 17.3 Å². The van der Waals surface area contributed by atoms with E-state index in [2.05, 4.69) is 17.2 Å². The van der Waals surface area contributed by atoms with Crippen LogP contribution in [0.15, 0.2) is 48.7 Å². The molecule has 0 unspecified atom stereocenters. The molecule has 2 aromatic rings. The van der Waals surface area contributed by atoms with Gasteiger partial charge in [0, 0.05) is 29.8 Å². The van der Waals surface area contributed by atoms with Crippen LogP contribution < -0.4 is 20.1 Å². The van der Waals surface area contributed by atoms with Gasteiger partial charge in [0.05, 0.1) is 17.0 Å². The zero-order chi connectivity index (χ0) is 23.3. The third-order valence-corrected chi connectivity index (χ3v) is 5.02. The molecule has 0 fully saturated rings. The van der Waals surface area contributed by atoms with Gasteiger partial charge in [-0.15, -0.1) is 0 Å². The SMILES string of the molecule is C=C(CCNC(=O)[C@H]1CC(=O)c2cc(Cl)ccc2O1)NC(=O)COc1ccc(Cl)c(F)c1. The highest BCUT2D eigenvalue weighted by atomic mass is 35.5. The number of hydrogen-bond donors (Lipinski definition) is 2. The average Bonchev–Trinajstić information content (AvgIpc) is 2.74. The number of Topliss-reactive ketones (excluding diaryl/α,β-unsaturated/α-hetero) is 1. The van der Waals surface area contributed by atoms with E-state index in [0.717, 1.165) is 6.07 Å². The summed E-state index contributed by atoms with van der Waals surface area (Å²) < 4.78 is 24.2. The fourth-order valence-electron chi connectivity index (χ4n) is 2.90. The molecule has 0 radical (unpaired) electrons. The summed E-state index contributed by atoms with van der Waals surface area (Å²) in [5.41, 5.74) is 0.697. The third-order valence-electron chi connectivity index (χ3n) is 4.48. The monoisotopic (exact) mass is 480 g/mol. The Bertz CT molecular complexity index is 1080. The standard InChI is InChI=1S/C22H19Cl2FN2O5/c1-12(27-21(29)11-31-14-3-4-16(24)17(25)9-14)6-7-26-22(30)20-10-18(28)15-8-13(23)2-5-19(15)32-20/h2-5,8-9,20H,1,6-7,10-11H2,(H,26,30)(H,27,29)/t20-/m1/s1. The first-order valence-electron chi connectivity index (χ1n) is 9.55. The van der Waals surface area contributed by atoms with Gasteiger partial charge in [-0.05, 0) is 30.3 Å². The van der Waals surface area contributed by atoms with Crippen LogP contribution in [0.25, 0.3) is 0 Å². The van der Waals surface area contributed by atoms with Gasteiger partial charge in [0.2, 0.25) is 0 Å². The maximum absolute atomic E-state index is 13.4. The Hall–Kier alpha value is -3.10. The van der Waals surface area contributed by atoms with Crippen LogP contribution in [0.1, 0.15) is 23.2 Å². The second-order valence-corrected chi connectivity index (χ2v) is 7.78. The summed E-state index contributed by atoms with van der Waals surface area (Å²) in [6, 6.07) is 8.47. The first kappa shape index (κ1) is 23.6. The quantitative estimate of drug-likeness (QED) is 0.600. The van der Waals surface area contributed by atoms with Gasteiger partial charge in [-0.2, -0.15) is 0 Å². The molecule has 2 N–H and O–H groups in total. The highest BCUT2D eigenvalue weighted by Gasteiger charge is 2.31. The lowest BCUT2D eigenvalue weighted by atomic mass is 10.0. The number of ketones is 1. The van der Waals surface area contributed by atoms with Crippen molar-refractivity contribution in [3.05, 3.63) is 70.1 Å². The molecule has 168 valence electrons. The number of benzene rings is 2. The van der Waals surface area contributed by atoms with E-state index < -0.39 is 23.7 Å². The Morgan fingerprint density at radius 3 is 2.75 bits per heavy atom. The molecular formula is C22H19Cl2FN2O5. The fraction of sp³-hybridized carbons (Fsp3) is 0.227. The molecule has 10 heteroatoms. The minimum Gasteiger partial charge on any atom is -0.484 e. The van der Waals surface area contributed by atoms with E-state index in [1.165, 1.54) is 18.2 Å². The predicted octanol–water partition coefficient (Wildman–Crippen LogP) is 3.68. The first-order valence-corrected chi connectivity index (χ1v) is 10.3. The summed E-state index contributed by atoms with van der Waals surface area (Å²) in [6.07, 6.45) is -0.799. The van der Waals surface area contributed by atoms with E-state index >= 15 is 0 Å². The Labute approximate surface area is 193 Å². The Morgan fingerprint density at radius 1 is 1.22 bits per heavy atom. The Kier molecular flexibility index (Phi) is 7.71. The smallest absolute Gasteiger partial charge is 0.262 e. The van der Waals surface area contributed by atoms with Gasteiger partial charge < -0.3 is 20.1 Å². The van der Waals surface area contributed by atoms with Gasteiger partial charge in [0.25, 0.3) is 11.8 Å². The minimum absolute atomic E-state index is 0.0474. The zero-order valence-corrected chi connectivity index (χ0v) is 18.3. The lowest BCUT2D eigenvalue weighted by Gasteiger charge is -2.24. The number of carbonyl (C=O) groups excluding carboxylic acids is 3. The van der Waals surface area contributed by atoms with Gasteiger partial charge in [0.15, 0.2) is 18.5 Å². The molecule has 3 rings (SSSR count). The number of nitrogens with one attached hydrogen (secondary N) is 2. The van der Waals surface area contributed by atoms with Crippen molar-refractivity contribution in [1.82, 2.24) is 10.6 Å².